The van der Waals surface area contributed by atoms with Gasteiger partial charge in [-0.05, 0) is 29.3 Å². The van der Waals surface area contributed by atoms with Crippen molar-refractivity contribution < 1.29 is 14.5 Å². The summed E-state index contributed by atoms with van der Waals surface area (Å²) in [6.45, 7) is 0.812. The molecule has 0 saturated carbocycles. The lowest BCUT2D eigenvalue weighted by Gasteiger charge is -2.10. The van der Waals surface area contributed by atoms with Crippen LogP contribution in [0.5, 0.6) is 0 Å². The van der Waals surface area contributed by atoms with Gasteiger partial charge in [-0.1, -0.05) is 60.1 Å². The predicted molar refractivity (Wildman–Crippen MR) is 127 cm³/mol. The number of hydrogen-bond donors (Lipinski definition) is 3. The molecule has 0 aliphatic carbocycles. The monoisotopic (exact) mass is 466 g/mol. The maximum absolute atomic E-state index is 12.4. The normalized spacial score (nSPS) is 10.3. The molecule has 3 aromatic rings. The van der Waals surface area contributed by atoms with Gasteiger partial charge in [0.25, 0.3) is 11.6 Å². The Labute approximate surface area is 196 Å². The van der Waals surface area contributed by atoms with E-state index in [0.29, 0.717) is 18.1 Å². The van der Waals surface area contributed by atoms with Crippen molar-refractivity contribution in [2.75, 3.05) is 11.9 Å². The molecule has 2 amide bonds. The number of anilines is 1. The van der Waals surface area contributed by atoms with Crippen LogP contribution in [0, 0.1) is 10.1 Å². The van der Waals surface area contributed by atoms with Gasteiger partial charge in [0.05, 0.1) is 4.92 Å². The second-order valence-electron chi connectivity index (χ2n) is 7.20. The van der Waals surface area contributed by atoms with Gasteiger partial charge in [-0.3, -0.25) is 19.7 Å². The molecule has 0 bridgehead atoms. The fraction of sp³-hybridized carbons (Fsp3) is 0.167. The molecule has 0 radical (unpaired) electrons. The van der Waals surface area contributed by atoms with Crippen LogP contribution in [0.1, 0.15) is 27.9 Å². The van der Waals surface area contributed by atoms with Crippen LogP contribution in [0.15, 0.2) is 72.8 Å². The molecule has 8 nitrogen and oxygen atoms in total. The highest BCUT2D eigenvalue weighted by Crippen LogP contribution is 2.27. The van der Waals surface area contributed by atoms with E-state index in [2.05, 4.69) is 16.0 Å². The Morgan fingerprint density at radius 1 is 0.909 bits per heavy atom. The van der Waals surface area contributed by atoms with Crippen LogP contribution in [0.4, 0.5) is 11.4 Å². The Balaban J connectivity index is 1.53. The van der Waals surface area contributed by atoms with Gasteiger partial charge in [-0.2, -0.15) is 0 Å². The number of nitrogens with one attached hydrogen (secondary N) is 3. The van der Waals surface area contributed by atoms with E-state index in [0.717, 1.165) is 11.1 Å². The zero-order valence-electron chi connectivity index (χ0n) is 17.7. The molecule has 0 heterocycles. The lowest BCUT2D eigenvalue weighted by atomic mass is 10.1. The van der Waals surface area contributed by atoms with Crippen LogP contribution in [-0.4, -0.2) is 23.3 Å². The van der Waals surface area contributed by atoms with E-state index in [1.807, 2.05) is 42.5 Å². The summed E-state index contributed by atoms with van der Waals surface area (Å²) in [5, 5.41) is 20.5. The van der Waals surface area contributed by atoms with Crippen LogP contribution >= 0.6 is 11.6 Å². The average molecular weight is 467 g/mol. The zero-order chi connectivity index (χ0) is 23.6. The second kappa shape index (κ2) is 11.6. The third-order valence-electron chi connectivity index (χ3n) is 4.85. The SMILES string of the molecule is O=C(CCNC(=O)c1ccc(NCc2ccccc2Cl)c([N+](=O)[O-])c1)NCc1ccccc1. The largest absolute Gasteiger partial charge is 0.375 e. The molecule has 170 valence electrons. The maximum atomic E-state index is 12.4. The summed E-state index contributed by atoms with van der Waals surface area (Å²) >= 11 is 6.13. The van der Waals surface area contributed by atoms with E-state index in [1.165, 1.54) is 18.2 Å². The Morgan fingerprint density at radius 2 is 1.64 bits per heavy atom. The first-order valence-corrected chi connectivity index (χ1v) is 10.7. The molecule has 3 N–H and O–H groups in total. The number of amides is 2. The first-order chi connectivity index (χ1) is 15.9. The van der Waals surface area contributed by atoms with Gasteiger partial charge in [0, 0.05) is 42.7 Å². The van der Waals surface area contributed by atoms with Gasteiger partial charge in [0.2, 0.25) is 5.91 Å². The quantitative estimate of drug-likeness (QED) is 0.304. The van der Waals surface area contributed by atoms with Crippen LogP contribution in [0.2, 0.25) is 5.02 Å². The Bertz CT molecular complexity index is 1140. The van der Waals surface area contributed by atoms with E-state index < -0.39 is 10.8 Å². The highest BCUT2D eigenvalue weighted by Gasteiger charge is 2.18. The Kier molecular flexibility index (Phi) is 8.37. The Hall–Kier alpha value is -3.91. The average Bonchev–Trinajstić information content (AvgIpc) is 2.82. The lowest BCUT2D eigenvalue weighted by Crippen LogP contribution is -2.30. The number of hydrogen-bond acceptors (Lipinski definition) is 5. The van der Waals surface area contributed by atoms with Crippen LogP contribution < -0.4 is 16.0 Å². The van der Waals surface area contributed by atoms with Crippen molar-refractivity contribution in [3.8, 4) is 0 Å². The van der Waals surface area contributed by atoms with E-state index >= 15 is 0 Å². The van der Waals surface area contributed by atoms with Crippen molar-refractivity contribution in [1.29, 1.82) is 0 Å². The van der Waals surface area contributed by atoms with E-state index in [9.17, 15) is 19.7 Å². The molecule has 0 atom stereocenters. The smallest absolute Gasteiger partial charge is 0.293 e. The topological polar surface area (TPSA) is 113 Å². The minimum absolute atomic E-state index is 0.0954. The van der Waals surface area contributed by atoms with Crippen molar-refractivity contribution in [3.63, 3.8) is 0 Å². The number of nitrogens with zero attached hydrogens (tertiary/aromatic N) is 1. The van der Waals surface area contributed by atoms with Gasteiger partial charge in [-0.25, -0.2) is 0 Å². The van der Waals surface area contributed by atoms with Gasteiger partial charge in [0.1, 0.15) is 5.69 Å². The van der Waals surface area contributed by atoms with E-state index in [-0.39, 0.29) is 35.8 Å². The molecule has 3 rings (SSSR count). The minimum Gasteiger partial charge on any atom is -0.375 e. The fourth-order valence-electron chi connectivity index (χ4n) is 3.08. The van der Waals surface area contributed by atoms with Gasteiger partial charge in [-0.15, -0.1) is 0 Å². The molecular formula is C24H23ClN4O4. The summed E-state index contributed by atoms with van der Waals surface area (Å²) < 4.78 is 0. The first kappa shape index (κ1) is 23.7. The fourth-order valence-corrected chi connectivity index (χ4v) is 3.28. The molecule has 0 aliphatic heterocycles. The molecular weight excluding hydrogens is 444 g/mol. The van der Waals surface area contributed by atoms with Crippen molar-refractivity contribution in [1.82, 2.24) is 10.6 Å². The predicted octanol–water partition coefficient (Wildman–Crippen LogP) is 4.30. The summed E-state index contributed by atoms with van der Waals surface area (Å²) in [4.78, 5) is 35.3. The number of halogens is 1. The number of nitro groups is 1. The summed E-state index contributed by atoms with van der Waals surface area (Å²) in [6, 6.07) is 20.8. The second-order valence-corrected chi connectivity index (χ2v) is 7.61. The van der Waals surface area contributed by atoms with Crippen molar-refractivity contribution in [2.45, 2.75) is 19.5 Å². The zero-order valence-corrected chi connectivity index (χ0v) is 18.5. The molecule has 0 fully saturated rings. The molecule has 33 heavy (non-hydrogen) atoms. The van der Waals surface area contributed by atoms with Crippen molar-refractivity contribution in [2.24, 2.45) is 0 Å². The summed E-state index contributed by atoms with van der Waals surface area (Å²) in [5.74, 6) is -0.698. The van der Waals surface area contributed by atoms with Crippen LogP contribution in [0.25, 0.3) is 0 Å². The van der Waals surface area contributed by atoms with Crippen LogP contribution in [0.3, 0.4) is 0 Å². The van der Waals surface area contributed by atoms with Crippen molar-refractivity contribution >= 4 is 34.8 Å². The highest BCUT2D eigenvalue weighted by molar-refractivity contribution is 6.31. The molecule has 9 heteroatoms. The third kappa shape index (κ3) is 7.05. The number of nitro benzene ring substituents is 1. The summed E-state index contributed by atoms with van der Waals surface area (Å²) in [6.07, 6.45) is 0.0954. The summed E-state index contributed by atoms with van der Waals surface area (Å²) in [5.41, 5.74) is 1.95. The summed E-state index contributed by atoms with van der Waals surface area (Å²) in [7, 11) is 0. The first-order valence-electron chi connectivity index (χ1n) is 10.3. The minimum atomic E-state index is -0.553. The molecule has 0 unspecified atom stereocenters. The molecule has 0 spiro atoms. The number of benzene rings is 3. The van der Waals surface area contributed by atoms with E-state index in [1.54, 1.807) is 12.1 Å². The Morgan fingerprint density at radius 3 is 2.36 bits per heavy atom. The van der Waals surface area contributed by atoms with Gasteiger partial charge in [0.15, 0.2) is 0 Å². The third-order valence-corrected chi connectivity index (χ3v) is 5.22. The maximum Gasteiger partial charge on any atom is 0.293 e. The highest BCUT2D eigenvalue weighted by atomic mass is 35.5. The number of carbonyl (C=O) groups excluding carboxylic acids is 2. The van der Waals surface area contributed by atoms with E-state index in [4.69, 9.17) is 11.6 Å². The number of carbonyl (C=O) groups is 2. The molecule has 0 saturated heterocycles. The van der Waals surface area contributed by atoms with Crippen LogP contribution in [-0.2, 0) is 17.9 Å². The number of rotatable bonds is 10. The lowest BCUT2D eigenvalue weighted by molar-refractivity contribution is -0.384. The molecule has 0 aromatic heterocycles. The van der Waals surface area contributed by atoms with Gasteiger partial charge < -0.3 is 16.0 Å². The molecule has 0 aliphatic rings. The molecule has 3 aromatic carbocycles. The van der Waals surface area contributed by atoms with Crippen molar-refractivity contribution in [3.05, 3.63) is 105 Å². The standard InChI is InChI=1S/C24H23ClN4O4/c25-20-9-5-4-8-19(20)16-27-21-11-10-18(14-22(21)29(32)33)24(31)26-13-12-23(30)28-15-17-6-2-1-3-7-17/h1-11,14,27H,12-13,15-16H2,(H,26,31)(H,28,30). The van der Waals surface area contributed by atoms with Gasteiger partial charge >= 0.3 is 0 Å².